The molecule has 5 nitrogen and oxygen atoms in total. The first kappa shape index (κ1) is 13.1. The molecule has 0 spiro atoms. The average Bonchev–Trinajstić information content (AvgIpc) is 2.95. The fraction of sp³-hybridized carbons (Fsp3) is 0.500. The zero-order valence-corrected chi connectivity index (χ0v) is 11.4. The lowest BCUT2D eigenvalue weighted by Gasteiger charge is -2.23. The molecular weight excluding hydrogens is 300 g/mol. The monoisotopic (exact) mass is 314 g/mol. The Hall–Kier alpha value is -1.30. The maximum atomic E-state index is 11.8. The molecule has 1 aliphatic carbocycles. The summed E-state index contributed by atoms with van der Waals surface area (Å²) >= 11 is 3.25. The van der Waals surface area contributed by atoms with Gasteiger partial charge in [0.05, 0.1) is 5.41 Å². The largest absolute Gasteiger partial charge is 0.481 e. The molecule has 18 heavy (non-hydrogen) atoms. The van der Waals surface area contributed by atoms with Crippen LogP contribution in [-0.4, -0.2) is 28.5 Å². The number of halogens is 1. The molecule has 2 rings (SSSR count). The quantitative estimate of drug-likeness (QED) is 0.796. The topological polar surface area (TPSA) is 82.2 Å². The molecule has 0 unspecified atom stereocenters. The van der Waals surface area contributed by atoms with E-state index in [1.807, 2.05) is 0 Å². The SMILES string of the molecule is O=C(NCC1(C(=O)O)CCCC1)c1cc(Br)c[nH]1. The van der Waals surface area contributed by atoms with Gasteiger partial charge in [0.1, 0.15) is 5.69 Å². The molecule has 1 aromatic heterocycles. The number of carbonyl (C=O) groups is 2. The highest BCUT2D eigenvalue weighted by Crippen LogP contribution is 2.37. The average molecular weight is 315 g/mol. The summed E-state index contributed by atoms with van der Waals surface area (Å²) in [6, 6.07) is 1.66. The number of H-pyrrole nitrogens is 1. The number of carboxylic acid groups (broad SMARTS) is 1. The molecule has 0 bridgehead atoms. The summed E-state index contributed by atoms with van der Waals surface area (Å²) in [5.41, 5.74) is -0.347. The van der Waals surface area contributed by atoms with E-state index in [-0.39, 0.29) is 12.5 Å². The Labute approximate surface area is 113 Å². The number of nitrogens with one attached hydrogen (secondary N) is 2. The summed E-state index contributed by atoms with van der Waals surface area (Å²) in [5.74, 6) is -1.08. The third-order valence-electron chi connectivity index (χ3n) is 3.49. The highest BCUT2D eigenvalue weighted by Gasteiger charge is 2.41. The second kappa shape index (κ2) is 5.14. The van der Waals surface area contributed by atoms with Crippen molar-refractivity contribution < 1.29 is 14.7 Å². The normalized spacial score (nSPS) is 17.6. The van der Waals surface area contributed by atoms with Gasteiger partial charge < -0.3 is 15.4 Å². The molecule has 1 amide bonds. The lowest BCUT2D eigenvalue weighted by Crippen LogP contribution is -2.41. The lowest BCUT2D eigenvalue weighted by atomic mass is 9.86. The molecule has 0 aromatic carbocycles. The first-order chi connectivity index (χ1) is 8.53. The van der Waals surface area contributed by atoms with Crippen molar-refractivity contribution in [2.75, 3.05) is 6.54 Å². The minimum Gasteiger partial charge on any atom is -0.481 e. The van der Waals surface area contributed by atoms with Gasteiger partial charge in [-0.05, 0) is 34.8 Å². The van der Waals surface area contributed by atoms with Gasteiger partial charge in [-0.1, -0.05) is 12.8 Å². The highest BCUT2D eigenvalue weighted by atomic mass is 79.9. The van der Waals surface area contributed by atoms with Crippen molar-refractivity contribution in [2.45, 2.75) is 25.7 Å². The molecule has 3 N–H and O–H groups in total. The minimum atomic E-state index is -0.812. The zero-order chi connectivity index (χ0) is 13.2. The van der Waals surface area contributed by atoms with Gasteiger partial charge in [0.2, 0.25) is 0 Å². The van der Waals surface area contributed by atoms with E-state index in [9.17, 15) is 14.7 Å². The van der Waals surface area contributed by atoms with Gasteiger partial charge in [0.25, 0.3) is 5.91 Å². The molecular formula is C12H15BrN2O3. The van der Waals surface area contributed by atoms with E-state index in [0.29, 0.717) is 18.5 Å². The number of aromatic nitrogens is 1. The second-order valence-electron chi connectivity index (χ2n) is 4.71. The number of carbonyl (C=O) groups excluding carboxylic acids is 1. The van der Waals surface area contributed by atoms with Crippen LogP contribution in [0, 0.1) is 5.41 Å². The minimum absolute atomic E-state index is 0.192. The molecule has 98 valence electrons. The standard InChI is InChI=1S/C12H15BrN2O3/c13-8-5-9(14-6-8)10(16)15-7-12(11(17)18)3-1-2-4-12/h5-6,14H,1-4,7H2,(H,15,16)(H,17,18). The summed E-state index contributed by atoms with van der Waals surface area (Å²) in [5, 5.41) is 12.0. The van der Waals surface area contributed by atoms with E-state index < -0.39 is 11.4 Å². The van der Waals surface area contributed by atoms with Gasteiger partial charge in [-0.3, -0.25) is 9.59 Å². The summed E-state index contributed by atoms with van der Waals surface area (Å²) in [6.45, 7) is 0.192. The Kier molecular flexibility index (Phi) is 3.75. The van der Waals surface area contributed by atoms with E-state index in [1.54, 1.807) is 12.3 Å². The van der Waals surface area contributed by atoms with Crippen LogP contribution in [-0.2, 0) is 4.79 Å². The van der Waals surface area contributed by atoms with Crippen molar-refractivity contribution in [1.82, 2.24) is 10.3 Å². The Morgan fingerprint density at radius 2 is 2.11 bits per heavy atom. The molecule has 0 saturated heterocycles. The summed E-state index contributed by atoms with van der Waals surface area (Å²) in [7, 11) is 0. The molecule has 6 heteroatoms. The first-order valence-electron chi connectivity index (χ1n) is 5.89. The number of hydrogen-bond acceptors (Lipinski definition) is 2. The van der Waals surface area contributed by atoms with Crippen LogP contribution in [0.5, 0.6) is 0 Å². The Bertz CT molecular complexity index is 464. The van der Waals surface area contributed by atoms with Gasteiger partial charge in [0, 0.05) is 17.2 Å². The first-order valence-corrected chi connectivity index (χ1v) is 6.68. The number of carboxylic acids is 1. The van der Waals surface area contributed by atoms with Crippen LogP contribution in [0.1, 0.15) is 36.2 Å². The maximum absolute atomic E-state index is 11.8. The molecule has 0 atom stereocenters. The van der Waals surface area contributed by atoms with Crippen molar-refractivity contribution >= 4 is 27.8 Å². The second-order valence-corrected chi connectivity index (χ2v) is 5.62. The molecule has 1 heterocycles. The summed E-state index contributed by atoms with van der Waals surface area (Å²) in [4.78, 5) is 25.9. The molecule has 0 radical (unpaired) electrons. The van der Waals surface area contributed by atoms with E-state index in [2.05, 4.69) is 26.2 Å². The maximum Gasteiger partial charge on any atom is 0.311 e. The van der Waals surface area contributed by atoms with Crippen LogP contribution in [0.25, 0.3) is 0 Å². The number of aliphatic carboxylic acids is 1. The predicted octanol–water partition coefficient (Wildman–Crippen LogP) is 2.15. The smallest absolute Gasteiger partial charge is 0.311 e. The van der Waals surface area contributed by atoms with Crippen LogP contribution in [0.15, 0.2) is 16.7 Å². The van der Waals surface area contributed by atoms with Crippen LogP contribution in [0.4, 0.5) is 0 Å². The predicted molar refractivity (Wildman–Crippen MR) is 69.4 cm³/mol. The fourth-order valence-electron chi connectivity index (χ4n) is 2.36. The third kappa shape index (κ3) is 2.58. The van der Waals surface area contributed by atoms with Crippen LogP contribution < -0.4 is 5.32 Å². The Morgan fingerprint density at radius 1 is 1.44 bits per heavy atom. The molecule has 1 fully saturated rings. The van der Waals surface area contributed by atoms with Crippen molar-refractivity contribution in [3.8, 4) is 0 Å². The molecule has 1 aliphatic rings. The third-order valence-corrected chi connectivity index (χ3v) is 3.95. The van der Waals surface area contributed by atoms with Crippen molar-refractivity contribution in [3.63, 3.8) is 0 Å². The van der Waals surface area contributed by atoms with E-state index >= 15 is 0 Å². The van der Waals surface area contributed by atoms with Gasteiger partial charge in [-0.2, -0.15) is 0 Å². The molecule has 1 aromatic rings. The van der Waals surface area contributed by atoms with Crippen LogP contribution >= 0.6 is 15.9 Å². The fourth-order valence-corrected chi connectivity index (χ4v) is 2.71. The van der Waals surface area contributed by atoms with Gasteiger partial charge in [-0.25, -0.2) is 0 Å². The molecule has 1 saturated carbocycles. The highest BCUT2D eigenvalue weighted by molar-refractivity contribution is 9.10. The van der Waals surface area contributed by atoms with Crippen molar-refractivity contribution in [3.05, 3.63) is 22.4 Å². The Balaban J connectivity index is 1.98. The van der Waals surface area contributed by atoms with Crippen molar-refractivity contribution in [1.29, 1.82) is 0 Å². The van der Waals surface area contributed by atoms with E-state index in [1.165, 1.54) is 0 Å². The number of rotatable bonds is 4. The van der Waals surface area contributed by atoms with Crippen molar-refractivity contribution in [2.24, 2.45) is 5.41 Å². The van der Waals surface area contributed by atoms with Crippen LogP contribution in [0.2, 0.25) is 0 Å². The number of aromatic amines is 1. The number of amides is 1. The van der Waals surface area contributed by atoms with Crippen LogP contribution in [0.3, 0.4) is 0 Å². The zero-order valence-electron chi connectivity index (χ0n) is 9.83. The number of hydrogen-bond donors (Lipinski definition) is 3. The summed E-state index contributed by atoms with van der Waals surface area (Å²) in [6.07, 6.45) is 4.76. The molecule has 0 aliphatic heterocycles. The Morgan fingerprint density at radius 3 is 2.61 bits per heavy atom. The van der Waals surface area contributed by atoms with Gasteiger partial charge >= 0.3 is 5.97 Å². The summed E-state index contributed by atoms with van der Waals surface area (Å²) < 4.78 is 0.793. The van der Waals surface area contributed by atoms with E-state index in [0.717, 1.165) is 17.3 Å². The lowest BCUT2D eigenvalue weighted by molar-refractivity contribution is -0.148. The van der Waals surface area contributed by atoms with E-state index in [4.69, 9.17) is 0 Å². The van der Waals surface area contributed by atoms with Gasteiger partial charge in [0.15, 0.2) is 0 Å². The van der Waals surface area contributed by atoms with Gasteiger partial charge in [-0.15, -0.1) is 0 Å².